The molecule has 0 amide bonds. The zero-order valence-corrected chi connectivity index (χ0v) is 8.43. The van der Waals surface area contributed by atoms with E-state index >= 15 is 0 Å². The van der Waals surface area contributed by atoms with E-state index in [4.69, 9.17) is 4.74 Å². The molecule has 0 aromatic rings. The standard InChI is InChI=1S/C10H20O2/c1-4-6-7-8-9(3)12-10(11)5-2/h9H,4-8H2,1-3H3/t9-/m1/s1. The zero-order valence-electron chi connectivity index (χ0n) is 8.43. The van der Waals surface area contributed by atoms with Crippen LogP contribution in [0.25, 0.3) is 0 Å². The Kier molecular flexibility index (Phi) is 6.82. The van der Waals surface area contributed by atoms with Crippen molar-refractivity contribution in [3.63, 3.8) is 0 Å². The fraction of sp³-hybridized carbons (Fsp3) is 0.900. The maximum absolute atomic E-state index is 10.8. The summed E-state index contributed by atoms with van der Waals surface area (Å²) in [5.74, 6) is -0.0843. The van der Waals surface area contributed by atoms with Gasteiger partial charge in [0.1, 0.15) is 0 Å². The average molecular weight is 172 g/mol. The van der Waals surface area contributed by atoms with Gasteiger partial charge in [-0.15, -0.1) is 0 Å². The van der Waals surface area contributed by atoms with Crippen LogP contribution in [0, 0.1) is 0 Å². The van der Waals surface area contributed by atoms with Gasteiger partial charge in [0.25, 0.3) is 0 Å². The molecule has 2 heteroatoms. The number of rotatable bonds is 6. The molecule has 0 rings (SSSR count). The Morgan fingerprint density at radius 2 is 2.00 bits per heavy atom. The number of hydrogen-bond acceptors (Lipinski definition) is 2. The van der Waals surface area contributed by atoms with E-state index in [0.29, 0.717) is 6.42 Å². The van der Waals surface area contributed by atoms with Crippen LogP contribution in [0.1, 0.15) is 52.9 Å². The molecule has 0 aliphatic carbocycles. The van der Waals surface area contributed by atoms with Crippen molar-refractivity contribution >= 4 is 5.97 Å². The van der Waals surface area contributed by atoms with E-state index in [0.717, 1.165) is 12.8 Å². The summed E-state index contributed by atoms with van der Waals surface area (Å²) >= 11 is 0. The summed E-state index contributed by atoms with van der Waals surface area (Å²) in [6.07, 6.45) is 5.19. The second kappa shape index (κ2) is 7.14. The number of esters is 1. The van der Waals surface area contributed by atoms with Crippen LogP contribution in [0.2, 0.25) is 0 Å². The van der Waals surface area contributed by atoms with Crippen LogP contribution >= 0.6 is 0 Å². The number of carbonyl (C=O) groups is 1. The highest BCUT2D eigenvalue weighted by Crippen LogP contribution is 2.06. The van der Waals surface area contributed by atoms with Gasteiger partial charge in [0.15, 0.2) is 0 Å². The van der Waals surface area contributed by atoms with Crippen LogP contribution in [0.15, 0.2) is 0 Å². The molecule has 0 aromatic heterocycles. The minimum Gasteiger partial charge on any atom is -0.463 e. The summed E-state index contributed by atoms with van der Waals surface area (Å²) in [5, 5.41) is 0. The molecule has 2 nitrogen and oxygen atoms in total. The predicted octanol–water partition coefficient (Wildman–Crippen LogP) is 2.91. The van der Waals surface area contributed by atoms with Gasteiger partial charge in [0.2, 0.25) is 0 Å². The molecule has 0 unspecified atom stereocenters. The predicted molar refractivity (Wildman–Crippen MR) is 50.0 cm³/mol. The summed E-state index contributed by atoms with van der Waals surface area (Å²) in [6, 6.07) is 0. The summed E-state index contributed by atoms with van der Waals surface area (Å²) in [5.41, 5.74) is 0. The van der Waals surface area contributed by atoms with Gasteiger partial charge >= 0.3 is 5.97 Å². The second-order valence-corrected chi connectivity index (χ2v) is 3.15. The summed E-state index contributed by atoms with van der Waals surface area (Å²) in [7, 11) is 0. The molecule has 0 aliphatic heterocycles. The molecule has 0 radical (unpaired) electrons. The van der Waals surface area contributed by atoms with Gasteiger partial charge in [-0.3, -0.25) is 4.79 Å². The number of ether oxygens (including phenoxy) is 1. The highest BCUT2D eigenvalue weighted by molar-refractivity contribution is 5.69. The van der Waals surface area contributed by atoms with Crippen molar-refractivity contribution in [2.75, 3.05) is 0 Å². The summed E-state index contributed by atoms with van der Waals surface area (Å²) < 4.78 is 5.11. The quantitative estimate of drug-likeness (QED) is 0.455. The van der Waals surface area contributed by atoms with Crippen molar-refractivity contribution in [1.29, 1.82) is 0 Å². The minimum absolute atomic E-state index is 0.0843. The molecule has 0 N–H and O–H groups in total. The van der Waals surface area contributed by atoms with Crippen LogP contribution in [0.5, 0.6) is 0 Å². The minimum atomic E-state index is -0.0843. The normalized spacial score (nSPS) is 12.6. The largest absolute Gasteiger partial charge is 0.463 e. The second-order valence-electron chi connectivity index (χ2n) is 3.15. The number of carbonyl (C=O) groups excluding carboxylic acids is 1. The van der Waals surface area contributed by atoms with Crippen LogP contribution < -0.4 is 0 Å². The Hall–Kier alpha value is -0.530. The third-order valence-electron chi connectivity index (χ3n) is 1.84. The van der Waals surface area contributed by atoms with Crippen molar-refractivity contribution in [3.8, 4) is 0 Å². The first-order chi connectivity index (χ1) is 5.70. The number of hydrogen-bond donors (Lipinski definition) is 0. The van der Waals surface area contributed by atoms with Gasteiger partial charge < -0.3 is 4.74 Å². The van der Waals surface area contributed by atoms with Crippen molar-refractivity contribution < 1.29 is 9.53 Å². The Morgan fingerprint density at radius 1 is 1.33 bits per heavy atom. The fourth-order valence-corrected chi connectivity index (χ4v) is 1.05. The molecule has 0 saturated heterocycles. The van der Waals surface area contributed by atoms with E-state index in [9.17, 15) is 4.79 Å². The lowest BCUT2D eigenvalue weighted by atomic mass is 10.1. The third kappa shape index (κ3) is 6.20. The third-order valence-corrected chi connectivity index (χ3v) is 1.84. The lowest BCUT2D eigenvalue weighted by Gasteiger charge is -2.11. The molecule has 0 spiro atoms. The summed E-state index contributed by atoms with van der Waals surface area (Å²) in [6.45, 7) is 5.95. The van der Waals surface area contributed by atoms with E-state index in [1.165, 1.54) is 12.8 Å². The van der Waals surface area contributed by atoms with E-state index in [1.54, 1.807) is 0 Å². The molecule has 72 valence electrons. The molecule has 0 aliphatic rings. The molecule has 1 atom stereocenters. The Bertz CT molecular complexity index is 121. The topological polar surface area (TPSA) is 26.3 Å². The lowest BCUT2D eigenvalue weighted by Crippen LogP contribution is -2.13. The Morgan fingerprint density at radius 3 is 2.50 bits per heavy atom. The van der Waals surface area contributed by atoms with Gasteiger partial charge in [-0.05, 0) is 19.8 Å². The smallest absolute Gasteiger partial charge is 0.305 e. The summed E-state index contributed by atoms with van der Waals surface area (Å²) in [4.78, 5) is 10.8. The molecule has 0 saturated carbocycles. The van der Waals surface area contributed by atoms with Crippen LogP contribution in [0.3, 0.4) is 0 Å². The van der Waals surface area contributed by atoms with Crippen LogP contribution in [-0.2, 0) is 9.53 Å². The highest BCUT2D eigenvalue weighted by atomic mass is 16.5. The van der Waals surface area contributed by atoms with Crippen molar-refractivity contribution in [3.05, 3.63) is 0 Å². The van der Waals surface area contributed by atoms with Gasteiger partial charge in [-0.25, -0.2) is 0 Å². The Labute approximate surface area is 75.3 Å². The van der Waals surface area contributed by atoms with Gasteiger partial charge in [0, 0.05) is 6.42 Å². The molecule has 12 heavy (non-hydrogen) atoms. The van der Waals surface area contributed by atoms with Gasteiger partial charge in [-0.2, -0.15) is 0 Å². The highest BCUT2D eigenvalue weighted by Gasteiger charge is 2.05. The van der Waals surface area contributed by atoms with Crippen LogP contribution in [-0.4, -0.2) is 12.1 Å². The fourth-order valence-electron chi connectivity index (χ4n) is 1.05. The Balaban J connectivity index is 3.32. The maximum atomic E-state index is 10.8. The van der Waals surface area contributed by atoms with E-state index in [1.807, 2.05) is 13.8 Å². The van der Waals surface area contributed by atoms with E-state index < -0.39 is 0 Å². The molecule has 0 aromatic carbocycles. The molecular formula is C10H20O2. The first-order valence-corrected chi connectivity index (χ1v) is 4.90. The first kappa shape index (κ1) is 11.5. The molecule has 0 fully saturated rings. The first-order valence-electron chi connectivity index (χ1n) is 4.90. The maximum Gasteiger partial charge on any atom is 0.305 e. The SMILES string of the molecule is CCCCC[C@@H](C)OC(=O)CC. The van der Waals surface area contributed by atoms with Gasteiger partial charge in [0.05, 0.1) is 6.10 Å². The molecule has 0 heterocycles. The van der Waals surface area contributed by atoms with Gasteiger partial charge in [-0.1, -0.05) is 26.7 Å². The van der Waals surface area contributed by atoms with Crippen molar-refractivity contribution in [2.24, 2.45) is 0 Å². The van der Waals surface area contributed by atoms with E-state index in [2.05, 4.69) is 6.92 Å². The van der Waals surface area contributed by atoms with Crippen LogP contribution in [0.4, 0.5) is 0 Å². The molecular weight excluding hydrogens is 152 g/mol. The average Bonchev–Trinajstić information content (AvgIpc) is 2.05. The van der Waals surface area contributed by atoms with E-state index in [-0.39, 0.29) is 12.1 Å². The number of unbranched alkanes of at least 4 members (excludes halogenated alkanes) is 2. The lowest BCUT2D eigenvalue weighted by molar-refractivity contribution is -0.148. The zero-order chi connectivity index (χ0) is 9.40. The van der Waals surface area contributed by atoms with Crippen molar-refractivity contribution in [2.45, 2.75) is 59.0 Å². The van der Waals surface area contributed by atoms with Crippen molar-refractivity contribution in [1.82, 2.24) is 0 Å². The monoisotopic (exact) mass is 172 g/mol. The molecule has 0 bridgehead atoms.